The van der Waals surface area contributed by atoms with Gasteiger partial charge in [-0.3, -0.25) is 18.6 Å². The average molecular weight is 594 g/mol. The van der Waals surface area contributed by atoms with Crippen molar-refractivity contribution in [3.8, 4) is 5.75 Å². The molecule has 2 aromatic rings. The summed E-state index contributed by atoms with van der Waals surface area (Å²) in [5.41, 5.74) is -1.66. The van der Waals surface area contributed by atoms with Crippen molar-refractivity contribution in [2.45, 2.75) is 90.2 Å². The van der Waals surface area contributed by atoms with Crippen molar-refractivity contribution in [1.29, 1.82) is 0 Å². The van der Waals surface area contributed by atoms with Gasteiger partial charge in [-0.2, -0.15) is 0 Å². The summed E-state index contributed by atoms with van der Waals surface area (Å²) >= 11 is 4.95. The van der Waals surface area contributed by atoms with Gasteiger partial charge in [0.15, 0.2) is 6.20 Å². The van der Waals surface area contributed by atoms with E-state index < -0.39 is 67.6 Å². The number of aromatic nitrogens is 2. The minimum absolute atomic E-state index is 0.0243. The van der Waals surface area contributed by atoms with E-state index in [-0.39, 0.29) is 21.5 Å². The van der Waals surface area contributed by atoms with Crippen LogP contribution in [-0.2, 0) is 35.8 Å². The highest BCUT2D eigenvalue weighted by molar-refractivity contribution is 7.71. The molecule has 1 saturated heterocycles. The smallest absolute Gasteiger partial charge is 0.403 e. The first-order valence-corrected chi connectivity index (χ1v) is 13.8. The predicted octanol–water partition coefficient (Wildman–Crippen LogP) is 4.60. The van der Waals surface area contributed by atoms with Gasteiger partial charge in [0.25, 0.3) is 5.85 Å². The Morgan fingerprint density at radius 3 is 2.51 bits per heavy atom. The molecule has 4 rings (SSSR count). The second kappa shape index (κ2) is 9.83. The summed E-state index contributed by atoms with van der Waals surface area (Å²) in [6.45, 7) is 7.53. The van der Waals surface area contributed by atoms with E-state index in [1.807, 2.05) is 0 Å². The number of hydrogen-bond donors (Lipinski definition) is 3. The fraction of sp³-hybridized carbons (Fsp3) is 0.600. The first-order valence-electron chi connectivity index (χ1n) is 13.5. The number of H-pyrrole nitrogens is 1. The van der Waals surface area contributed by atoms with Gasteiger partial charge in [0.05, 0.1) is 16.3 Å². The Labute approximate surface area is 233 Å². The van der Waals surface area contributed by atoms with Gasteiger partial charge < -0.3 is 19.5 Å². The second-order valence-corrected chi connectivity index (χ2v) is 13.4. The first-order chi connectivity index (χ1) is 18.9. The van der Waals surface area contributed by atoms with Crippen LogP contribution in [0.2, 0.25) is 0 Å². The molecule has 0 amide bonds. The van der Waals surface area contributed by atoms with Crippen LogP contribution < -0.4 is 10.2 Å². The Morgan fingerprint density at radius 2 is 1.92 bits per heavy atom. The van der Waals surface area contributed by atoms with Crippen molar-refractivity contribution in [3.05, 3.63) is 55.5 Å². The van der Waals surface area contributed by atoms with Crippen molar-refractivity contribution in [3.63, 3.8) is 0 Å². The van der Waals surface area contributed by atoms with Gasteiger partial charge in [-0.25, -0.2) is 18.1 Å². The van der Waals surface area contributed by atoms with E-state index in [4.69, 9.17) is 34.6 Å². The monoisotopic (exact) mass is 593 g/mol. The SMILES string of the molecule is [2H]C([2H])(OP1(=O)OCc2c(F)c(C(C)(C)C)cc(C(C)(C)C)c2O1)[C@@]1(F)O[C@@]([2H])(n2cc(C)c(=S)[nH]c2=O)[C@H](O)[C@@H]1O. The number of benzene rings is 1. The summed E-state index contributed by atoms with van der Waals surface area (Å²) in [5, 5.41) is 21.2. The summed E-state index contributed by atoms with van der Waals surface area (Å²) in [6.07, 6.45) is -7.59. The third-order valence-electron chi connectivity index (χ3n) is 6.33. The van der Waals surface area contributed by atoms with Crippen molar-refractivity contribution in [1.82, 2.24) is 9.55 Å². The molecule has 2 aliphatic rings. The van der Waals surface area contributed by atoms with Crippen molar-refractivity contribution in [2.75, 3.05) is 6.56 Å². The van der Waals surface area contributed by atoms with Gasteiger partial charge in [-0.1, -0.05) is 53.8 Å². The van der Waals surface area contributed by atoms with Crippen molar-refractivity contribution < 1.29 is 46.0 Å². The standard InChI is InChI=1S/C25H33F2N2O8PS/c1-12-9-29(22(32)28-20(12)39)21-17(30)19(31)25(27,36-21)11-35-38(33)34-10-13-16(26)14(23(2,3)4)8-15(18(13)37-38)24(5,6)7/h8-9,17,19,21,30-31H,10-11H2,1-7H3,(H,28,32,39)/t17-,19+,21-,25-,38?/m1/s1/i11D2,21D. The number of halogens is 2. The van der Waals surface area contributed by atoms with E-state index in [1.54, 1.807) is 41.5 Å². The fourth-order valence-corrected chi connectivity index (χ4v) is 5.33. The zero-order valence-corrected chi connectivity index (χ0v) is 24.1. The minimum Gasteiger partial charge on any atom is -0.403 e. The maximum atomic E-state index is 16.3. The number of rotatable bonds is 4. The summed E-state index contributed by atoms with van der Waals surface area (Å²) in [6, 6.07) is 1.54. The number of aromatic amines is 1. The van der Waals surface area contributed by atoms with Gasteiger partial charge >= 0.3 is 13.5 Å². The maximum absolute atomic E-state index is 16.3. The highest BCUT2D eigenvalue weighted by atomic mass is 32.1. The Balaban J connectivity index is 1.74. The number of nitrogens with zero attached hydrogens (tertiary/aromatic N) is 1. The topological polar surface area (TPSA) is 132 Å². The molecule has 0 spiro atoms. The van der Waals surface area contributed by atoms with E-state index in [9.17, 15) is 19.6 Å². The number of hydrogen-bond acceptors (Lipinski definition) is 9. The van der Waals surface area contributed by atoms with Crippen LogP contribution in [0.5, 0.6) is 5.75 Å². The van der Waals surface area contributed by atoms with E-state index in [1.165, 1.54) is 13.0 Å². The average Bonchev–Trinajstić information content (AvgIpc) is 3.00. The maximum Gasteiger partial charge on any atom is 0.530 e. The molecule has 0 bridgehead atoms. The van der Waals surface area contributed by atoms with E-state index >= 15 is 8.78 Å². The molecule has 0 aliphatic carbocycles. The number of phosphoric acid groups is 1. The number of ether oxygens (including phenoxy) is 1. The molecule has 1 aromatic heterocycles. The normalized spacial score (nSPS) is 32.6. The largest absolute Gasteiger partial charge is 0.530 e. The van der Waals surface area contributed by atoms with Gasteiger partial charge in [-0.05, 0) is 29.4 Å². The molecule has 1 unspecified atom stereocenters. The van der Waals surface area contributed by atoms with Crippen molar-refractivity contribution in [2.24, 2.45) is 0 Å². The zero-order valence-electron chi connectivity index (χ0n) is 25.4. The quantitative estimate of drug-likeness (QED) is 0.344. The molecule has 2 aliphatic heterocycles. The van der Waals surface area contributed by atoms with Gasteiger partial charge in [0.2, 0.25) is 0 Å². The lowest BCUT2D eigenvalue weighted by atomic mass is 9.78. The number of nitrogens with one attached hydrogen (secondary N) is 1. The molecule has 0 radical (unpaired) electrons. The number of aryl methyl sites for hydroxylation is 1. The lowest BCUT2D eigenvalue weighted by Crippen LogP contribution is -2.43. The lowest BCUT2D eigenvalue weighted by Gasteiger charge is -2.34. The number of aliphatic hydroxyl groups excluding tert-OH is 2. The molecule has 3 N–H and O–H groups in total. The molecule has 14 heteroatoms. The van der Waals surface area contributed by atoms with Crippen LogP contribution in [0.25, 0.3) is 0 Å². The molecular weight excluding hydrogens is 557 g/mol. The van der Waals surface area contributed by atoms with Gasteiger partial charge in [0.1, 0.15) is 35.0 Å². The summed E-state index contributed by atoms with van der Waals surface area (Å²) in [7, 11) is -5.12. The Hall–Kier alpha value is -1.99. The zero-order chi connectivity index (χ0) is 32.0. The van der Waals surface area contributed by atoms with E-state index in [2.05, 4.69) is 4.98 Å². The van der Waals surface area contributed by atoms with Crippen LogP contribution in [0.1, 0.15) is 74.1 Å². The minimum atomic E-state index is -5.12. The molecule has 5 atom stereocenters. The molecular formula is C25H33F2N2O8PS. The number of aliphatic hydroxyl groups is 2. The number of phosphoric ester groups is 1. The second-order valence-electron chi connectivity index (χ2n) is 11.5. The fourth-order valence-electron chi connectivity index (χ4n) is 4.09. The van der Waals surface area contributed by atoms with Crippen LogP contribution in [0, 0.1) is 17.4 Å². The van der Waals surface area contributed by atoms with Crippen LogP contribution >= 0.6 is 20.0 Å². The summed E-state index contributed by atoms with van der Waals surface area (Å²) in [4.78, 5) is 14.7. The summed E-state index contributed by atoms with van der Waals surface area (Å²) < 4.78 is 91.3. The third-order valence-corrected chi connectivity index (χ3v) is 7.93. The van der Waals surface area contributed by atoms with Crippen LogP contribution in [0.4, 0.5) is 8.78 Å². The third kappa shape index (κ3) is 5.50. The Morgan fingerprint density at radius 1 is 1.31 bits per heavy atom. The van der Waals surface area contributed by atoms with E-state index in [0.717, 1.165) is 6.20 Å². The lowest BCUT2D eigenvalue weighted by molar-refractivity contribution is -0.205. The molecule has 1 fully saturated rings. The molecule has 0 saturated carbocycles. The van der Waals surface area contributed by atoms with E-state index in [0.29, 0.717) is 15.7 Å². The Kier molecular flexibility index (Phi) is 6.54. The molecule has 1 aromatic carbocycles. The Bertz CT molecular complexity index is 1610. The highest BCUT2D eigenvalue weighted by Gasteiger charge is 2.58. The predicted molar refractivity (Wildman–Crippen MR) is 139 cm³/mol. The molecule has 3 heterocycles. The molecule has 39 heavy (non-hydrogen) atoms. The summed E-state index contributed by atoms with van der Waals surface area (Å²) in [5.74, 6) is -5.04. The van der Waals surface area contributed by atoms with Crippen LogP contribution in [-0.4, -0.2) is 44.4 Å². The van der Waals surface area contributed by atoms with Gasteiger partial charge in [0, 0.05) is 17.3 Å². The molecule has 216 valence electrons. The highest BCUT2D eigenvalue weighted by Crippen LogP contribution is 2.58. The van der Waals surface area contributed by atoms with Gasteiger partial charge in [-0.15, -0.1) is 0 Å². The number of fused-ring (bicyclic) bond motifs is 1. The van der Waals surface area contributed by atoms with Crippen molar-refractivity contribution >= 4 is 20.0 Å². The first kappa shape index (κ1) is 25.9. The number of alkyl halides is 1. The molecule has 10 nitrogen and oxygen atoms in total. The van der Waals surface area contributed by atoms with Crippen LogP contribution in [0.15, 0.2) is 17.1 Å². The van der Waals surface area contributed by atoms with Crippen LogP contribution in [0.3, 0.4) is 0 Å².